The first kappa shape index (κ1) is 12.2. The lowest BCUT2D eigenvalue weighted by atomic mass is 10.1. The van der Waals surface area contributed by atoms with E-state index in [1.54, 1.807) is 0 Å². The molecule has 0 aliphatic heterocycles. The van der Waals surface area contributed by atoms with Gasteiger partial charge in [-0.1, -0.05) is 0 Å². The van der Waals surface area contributed by atoms with Crippen molar-refractivity contribution in [3.8, 4) is 0 Å². The fourth-order valence-electron chi connectivity index (χ4n) is 0.765. The normalized spacial score (nSPS) is 13.8. The highest BCUT2D eigenvalue weighted by Crippen LogP contribution is 1.99. The van der Waals surface area contributed by atoms with E-state index in [0.717, 1.165) is 0 Å². The summed E-state index contributed by atoms with van der Waals surface area (Å²) in [6, 6.07) is -0.551. The van der Waals surface area contributed by atoms with Crippen LogP contribution in [-0.2, 0) is 0 Å². The molecule has 1 unspecified atom stereocenters. The number of amides is 2. The summed E-state index contributed by atoms with van der Waals surface area (Å²) in [7, 11) is 0. The molecule has 0 bridgehead atoms. The Balaban J connectivity index is 3.72. The molecule has 0 saturated heterocycles. The maximum absolute atomic E-state index is 10.4. The number of aliphatic hydroxyl groups is 1. The highest BCUT2D eigenvalue weighted by molar-refractivity contribution is 5.71. The predicted molar refractivity (Wildman–Crippen MR) is 51.0 cm³/mol. The number of nitrogens with one attached hydrogen (secondary N) is 2. The Kier molecular flexibility index (Phi) is 4.72. The number of β-amino-alcohol motifs (C(OH)–C–C–N with tert-alkyl or cyclic N) is 1. The Bertz CT molecular complexity index is 169. The van der Waals surface area contributed by atoms with E-state index in [1.807, 2.05) is 13.8 Å². The number of nitrogens with two attached hydrogens (primary N) is 1. The fraction of sp³-hybridized carbons (Fsp3) is 0.750. The van der Waals surface area contributed by atoms with Gasteiger partial charge in [-0.05, 0) is 20.8 Å². The molecule has 0 rings (SSSR count). The van der Waals surface area contributed by atoms with Crippen LogP contribution in [0, 0.1) is 6.92 Å². The molecule has 0 spiro atoms. The van der Waals surface area contributed by atoms with Gasteiger partial charge in [0.1, 0.15) is 0 Å². The van der Waals surface area contributed by atoms with Gasteiger partial charge in [0.25, 0.3) is 0 Å². The minimum atomic E-state index is -0.646. The van der Waals surface area contributed by atoms with Gasteiger partial charge in [0.05, 0.1) is 6.10 Å². The van der Waals surface area contributed by atoms with Gasteiger partial charge >= 0.3 is 6.03 Å². The van der Waals surface area contributed by atoms with Gasteiger partial charge in [0.15, 0.2) is 0 Å². The molecular weight excluding hydrogens is 170 g/mol. The number of rotatable bonds is 5. The van der Waals surface area contributed by atoms with Crippen molar-refractivity contribution in [3.63, 3.8) is 0 Å². The van der Waals surface area contributed by atoms with Gasteiger partial charge in [-0.15, -0.1) is 0 Å². The van der Waals surface area contributed by atoms with E-state index in [2.05, 4.69) is 17.6 Å². The van der Waals surface area contributed by atoms with Crippen LogP contribution in [0.1, 0.15) is 13.8 Å². The minimum Gasteiger partial charge on any atom is -0.392 e. The third-order valence-corrected chi connectivity index (χ3v) is 1.52. The standard InChI is InChI=1S/C8H18N3O2/c1-6(12)4-11-8(2,3)5-10-7(9)13/h6,11-12H,1,4-5H2,2-3H3,(H3,9,10,13). The van der Waals surface area contributed by atoms with Crippen molar-refractivity contribution in [2.45, 2.75) is 25.5 Å². The summed E-state index contributed by atoms with van der Waals surface area (Å²) in [6.45, 7) is 8.00. The molecule has 0 aromatic rings. The first-order valence-corrected chi connectivity index (χ1v) is 4.13. The molecule has 0 fully saturated rings. The van der Waals surface area contributed by atoms with Gasteiger partial charge in [-0.3, -0.25) is 0 Å². The van der Waals surface area contributed by atoms with Gasteiger partial charge in [-0.25, -0.2) is 4.79 Å². The molecule has 5 heteroatoms. The van der Waals surface area contributed by atoms with Crippen LogP contribution >= 0.6 is 0 Å². The number of carbonyl (C=O) groups is 1. The van der Waals surface area contributed by atoms with Crippen LogP contribution < -0.4 is 16.4 Å². The number of carbonyl (C=O) groups excluding carboxylic acids is 1. The SMILES string of the molecule is [CH2]C(O)CNC(C)(C)CNC(N)=O. The van der Waals surface area contributed by atoms with E-state index in [9.17, 15) is 4.79 Å². The van der Waals surface area contributed by atoms with Crippen molar-refractivity contribution in [2.75, 3.05) is 13.1 Å². The van der Waals surface area contributed by atoms with E-state index in [-0.39, 0.29) is 5.54 Å². The molecule has 0 aromatic heterocycles. The predicted octanol–water partition coefficient (Wildman–Crippen LogP) is -0.782. The van der Waals surface area contributed by atoms with Crippen LogP contribution in [0.15, 0.2) is 0 Å². The van der Waals surface area contributed by atoms with Crippen LogP contribution in [0.2, 0.25) is 0 Å². The molecular formula is C8H18N3O2. The number of primary amides is 1. The van der Waals surface area contributed by atoms with Gasteiger partial charge in [-0.2, -0.15) is 0 Å². The van der Waals surface area contributed by atoms with Gasteiger partial charge < -0.3 is 21.5 Å². The molecule has 2 amide bonds. The van der Waals surface area contributed by atoms with Crippen molar-refractivity contribution in [1.29, 1.82) is 0 Å². The molecule has 5 nitrogen and oxygen atoms in total. The minimum absolute atomic E-state index is 0.298. The molecule has 5 N–H and O–H groups in total. The van der Waals surface area contributed by atoms with Crippen LogP contribution in [0.4, 0.5) is 4.79 Å². The Labute approximate surface area is 78.7 Å². The van der Waals surface area contributed by atoms with E-state index < -0.39 is 12.1 Å². The molecule has 13 heavy (non-hydrogen) atoms. The quantitative estimate of drug-likeness (QED) is 0.456. The first-order valence-electron chi connectivity index (χ1n) is 4.13. The second kappa shape index (κ2) is 5.04. The lowest BCUT2D eigenvalue weighted by Crippen LogP contribution is -2.51. The summed E-state index contributed by atoms with van der Waals surface area (Å²) in [5, 5.41) is 14.4. The maximum atomic E-state index is 10.4. The monoisotopic (exact) mass is 188 g/mol. The highest BCUT2D eigenvalue weighted by Gasteiger charge is 2.17. The van der Waals surface area contributed by atoms with Crippen molar-refractivity contribution in [1.82, 2.24) is 10.6 Å². The number of hydrogen-bond donors (Lipinski definition) is 4. The molecule has 0 aliphatic rings. The molecule has 1 atom stereocenters. The molecule has 1 radical (unpaired) electrons. The molecule has 0 heterocycles. The van der Waals surface area contributed by atoms with Gasteiger partial charge in [0, 0.05) is 18.6 Å². The zero-order chi connectivity index (χ0) is 10.5. The Hall–Kier alpha value is -0.810. The zero-order valence-corrected chi connectivity index (χ0v) is 8.13. The summed E-state index contributed by atoms with van der Waals surface area (Å²) in [6.07, 6.45) is -0.646. The Morgan fingerprint density at radius 2 is 2.23 bits per heavy atom. The Morgan fingerprint density at radius 1 is 1.69 bits per heavy atom. The summed E-state index contributed by atoms with van der Waals surface area (Å²) in [4.78, 5) is 10.4. The lowest BCUT2D eigenvalue weighted by molar-refractivity contribution is 0.198. The summed E-state index contributed by atoms with van der Waals surface area (Å²) in [5.74, 6) is 0. The van der Waals surface area contributed by atoms with E-state index in [1.165, 1.54) is 0 Å². The van der Waals surface area contributed by atoms with Crippen molar-refractivity contribution < 1.29 is 9.90 Å². The first-order chi connectivity index (χ1) is 5.83. The van der Waals surface area contributed by atoms with E-state index in [4.69, 9.17) is 10.8 Å². The largest absolute Gasteiger partial charge is 0.392 e. The van der Waals surface area contributed by atoms with Crippen molar-refractivity contribution in [3.05, 3.63) is 6.92 Å². The topological polar surface area (TPSA) is 87.4 Å². The number of urea groups is 1. The Morgan fingerprint density at radius 3 is 2.62 bits per heavy atom. The number of hydrogen-bond acceptors (Lipinski definition) is 3. The molecule has 0 aliphatic carbocycles. The van der Waals surface area contributed by atoms with E-state index in [0.29, 0.717) is 13.1 Å². The average molecular weight is 188 g/mol. The molecule has 0 saturated carbocycles. The smallest absolute Gasteiger partial charge is 0.312 e. The summed E-state index contributed by atoms with van der Waals surface area (Å²) >= 11 is 0. The maximum Gasteiger partial charge on any atom is 0.312 e. The fourth-order valence-corrected chi connectivity index (χ4v) is 0.765. The third kappa shape index (κ3) is 7.55. The summed E-state index contributed by atoms with van der Waals surface area (Å²) < 4.78 is 0. The lowest BCUT2D eigenvalue weighted by Gasteiger charge is -2.27. The van der Waals surface area contributed by atoms with Crippen LogP contribution in [0.3, 0.4) is 0 Å². The van der Waals surface area contributed by atoms with Gasteiger partial charge in [0.2, 0.25) is 0 Å². The van der Waals surface area contributed by atoms with Crippen molar-refractivity contribution >= 4 is 6.03 Å². The van der Waals surface area contributed by atoms with Crippen LogP contribution in [-0.4, -0.2) is 35.9 Å². The molecule has 0 aromatic carbocycles. The number of aliphatic hydroxyl groups excluding tert-OH is 1. The third-order valence-electron chi connectivity index (χ3n) is 1.52. The second-order valence-electron chi connectivity index (χ2n) is 3.64. The van der Waals surface area contributed by atoms with Crippen molar-refractivity contribution in [2.24, 2.45) is 5.73 Å². The van der Waals surface area contributed by atoms with Crippen LogP contribution in [0.5, 0.6) is 0 Å². The van der Waals surface area contributed by atoms with Crippen LogP contribution in [0.25, 0.3) is 0 Å². The van der Waals surface area contributed by atoms with E-state index >= 15 is 0 Å². The average Bonchev–Trinajstić information content (AvgIpc) is 1.98. The highest BCUT2D eigenvalue weighted by atomic mass is 16.3. The second-order valence-corrected chi connectivity index (χ2v) is 3.64. The summed E-state index contributed by atoms with van der Waals surface area (Å²) in [5.41, 5.74) is 4.62. The zero-order valence-electron chi connectivity index (χ0n) is 8.13. The molecule has 77 valence electrons.